The first kappa shape index (κ1) is 30.5. The Bertz CT molecular complexity index is 1510. The van der Waals surface area contributed by atoms with E-state index in [4.69, 9.17) is 15.6 Å². The molecular formula is C29H34F3N7O3. The topological polar surface area (TPSA) is 121 Å². The number of nitrogens with two attached hydrogens (primary N) is 1. The van der Waals surface area contributed by atoms with Crippen molar-refractivity contribution in [2.24, 2.45) is 5.92 Å². The lowest BCUT2D eigenvalue weighted by Crippen LogP contribution is -2.42. The number of halogens is 3. The van der Waals surface area contributed by atoms with Crippen LogP contribution in [0.3, 0.4) is 0 Å². The van der Waals surface area contributed by atoms with Crippen molar-refractivity contribution in [2.75, 3.05) is 17.2 Å². The molecule has 0 saturated heterocycles. The third kappa shape index (κ3) is 6.89. The van der Waals surface area contributed by atoms with Crippen molar-refractivity contribution in [2.45, 2.75) is 65.6 Å². The summed E-state index contributed by atoms with van der Waals surface area (Å²) in [7, 11) is 0. The Labute approximate surface area is 241 Å². The summed E-state index contributed by atoms with van der Waals surface area (Å²) in [6.45, 7) is 2.21. The Morgan fingerprint density at radius 3 is 2.33 bits per heavy atom. The van der Waals surface area contributed by atoms with Gasteiger partial charge in [-0.3, -0.25) is 9.69 Å². The first-order valence-electron chi connectivity index (χ1n) is 13.8. The van der Waals surface area contributed by atoms with E-state index in [9.17, 15) is 22.8 Å². The fourth-order valence-electron chi connectivity index (χ4n) is 5.02. The van der Waals surface area contributed by atoms with E-state index in [1.807, 2.05) is 44.2 Å². The van der Waals surface area contributed by atoms with Gasteiger partial charge in [0.15, 0.2) is 11.5 Å². The normalized spacial score (nSPS) is 13.7. The average molecular weight is 586 g/mol. The molecule has 42 heavy (non-hydrogen) atoms. The van der Waals surface area contributed by atoms with Crippen molar-refractivity contribution in [3.8, 4) is 16.9 Å². The summed E-state index contributed by atoms with van der Waals surface area (Å²) in [5, 5.41) is 9.30. The molecule has 10 nitrogen and oxygen atoms in total. The van der Waals surface area contributed by atoms with Crippen molar-refractivity contribution in [1.82, 2.24) is 24.4 Å². The Kier molecular flexibility index (Phi) is 9.81. The van der Waals surface area contributed by atoms with Gasteiger partial charge in [-0.2, -0.15) is 22.8 Å². The van der Waals surface area contributed by atoms with Crippen LogP contribution in [0.2, 0.25) is 0 Å². The van der Waals surface area contributed by atoms with Crippen LogP contribution in [0.25, 0.3) is 22.6 Å². The minimum absolute atomic E-state index is 0.0191. The molecule has 1 amide bonds. The van der Waals surface area contributed by atoms with Crippen molar-refractivity contribution in [3.05, 3.63) is 54.4 Å². The van der Waals surface area contributed by atoms with Crippen LogP contribution < -0.4 is 10.6 Å². The van der Waals surface area contributed by atoms with E-state index in [-0.39, 0.29) is 30.0 Å². The Morgan fingerprint density at radius 1 is 1.07 bits per heavy atom. The van der Waals surface area contributed by atoms with Crippen LogP contribution in [-0.4, -0.2) is 55.6 Å². The highest BCUT2D eigenvalue weighted by atomic mass is 19.4. The maximum absolute atomic E-state index is 13.6. The number of carbonyl (C=O) groups is 2. The molecule has 1 fully saturated rings. The number of carbonyl (C=O) groups excluding carboxylic acids is 2. The largest absolute Gasteiger partial charge is 0.462 e. The Hall–Kier alpha value is -4.42. The van der Waals surface area contributed by atoms with Crippen LogP contribution >= 0.6 is 0 Å². The average Bonchev–Trinajstić information content (AvgIpc) is 3.60. The van der Waals surface area contributed by atoms with Crippen molar-refractivity contribution in [3.63, 3.8) is 0 Å². The lowest BCUT2D eigenvalue weighted by Gasteiger charge is -2.31. The van der Waals surface area contributed by atoms with Crippen molar-refractivity contribution >= 4 is 29.2 Å². The van der Waals surface area contributed by atoms with E-state index in [1.165, 1.54) is 0 Å². The molecule has 4 aromatic rings. The number of aromatic nitrogens is 5. The molecule has 1 aliphatic carbocycles. The number of amides is 1. The fraction of sp³-hybridized carbons (Fsp3) is 0.414. The monoisotopic (exact) mass is 585 g/mol. The van der Waals surface area contributed by atoms with Gasteiger partial charge in [-0.25, -0.2) is 14.5 Å². The van der Waals surface area contributed by atoms with Gasteiger partial charge in [0.1, 0.15) is 11.4 Å². The molecule has 1 aromatic carbocycles. The number of benzene rings is 1. The molecule has 1 saturated carbocycles. The summed E-state index contributed by atoms with van der Waals surface area (Å²) in [5.41, 5.74) is 9.30. The summed E-state index contributed by atoms with van der Waals surface area (Å²) >= 11 is 0. The second-order valence-electron chi connectivity index (χ2n) is 10.1. The zero-order valence-corrected chi connectivity index (χ0v) is 23.7. The molecule has 5 rings (SSSR count). The van der Waals surface area contributed by atoms with Crippen molar-refractivity contribution in [1.29, 1.82) is 0 Å². The molecule has 0 radical (unpaired) electrons. The van der Waals surface area contributed by atoms with Crippen LogP contribution in [-0.2, 0) is 9.53 Å². The molecule has 13 heteroatoms. The van der Waals surface area contributed by atoms with Gasteiger partial charge in [-0.15, -0.1) is 5.10 Å². The van der Waals surface area contributed by atoms with Crippen LogP contribution in [0.1, 0.15) is 63.2 Å². The molecular weight excluding hydrogens is 551 g/mol. The zero-order valence-electron chi connectivity index (χ0n) is 23.7. The van der Waals surface area contributed by atoms with E-state index in [0.717, 1.165) is 49.0 Å². The van der Waals surface area contributed by atoms with Gasteiger partial charge in [0.2, 0.25) is 5.91 Å². The number of anilines is 2. The molecule has 0 aliphatic heterocycles. The maximum atomic E-state index is 13.6. The second kappa shape index (κ2) is 13.5. The third-order valence-electron chi connectivity index (χ3n) is 6.94. The number of nitrogens with zero attached hydrogens (tertiary/aromatic N) is 6. The lowest BCUT2D eigenvalue weighted by atomic mass is 9.88. The van der Waals surface area contributed by atoms with Crippen LogP contribution in [0.5, 0.6) is 0 Å². The highest BCUT2D eigenvalue weighted by molar-refractivity contribution is 6.02. The third-order valence-corrected chi connectivity index (χ3v) is 6.94. The number of alkyl halides is 3. The van der Waals surface area contributed by atoms with Crippen LogP contribution in [0, 0.1) is 5.92 Å². The Morgan fingerprint density at radius 2 is 1.74 bits per heavy atom. The molecule has 224 valence electrons. The number of nitrogen functional groups attached to an aromatic ring is 1. The predicted octanol–water partition coefficient (Wildman–Crippen LogP) is 5.84. The molecule has 3 heterocycles. The highest BCUT2D eigenvalue weighted by Gasteiger charge is 2.33. The second-order valence-corrected chi connectivity index (χ2v) is 10.1. The van der Waals surface area contributed by atoms with E-state index in [2.05, 4.69) is 10.1 Å². The molecule has 1 aliphatic rings. The number of ether oxygens (including phenoxy) is 1. The molecule has 0 spiro atoms. The number of fused-ring (bicyclic) bond motifs is 1. The van der Waals surface area contributed by atoms with Gasteiger partial charge in [-0.05, 0) is 51.8 Å². The molecule has 0 atom stereocenters. The quantitative estimate of drug-likeness (QED) is 0.271. The predicted molar refractivity (Wildman–Crippen MR) is 152 cm³/mol. The van der Waals surface area contributed by atoms with Gasteiger partial charge >= 0.3 is 12.6 Å². The standard InChI is InChI=1S/C28H33N7O3.CHF3/c1-4-38-28(37)22-17-33(32-26(22)34(18(2)3)27(36)20-8-6-5-7-9-20)21-12-10-19(11-13-21)23-16-25-30-15-14-24(29)35(25)31-23;2-1(3)4/h10-18,20H,4-9,29H2,1-3H3;1H. The molecule has 3 aromatic heterocycles. The van der Waals surface area contributed by atoms with Gasteiger partial charge < -0.3 is 10.5 Å². The number of esters is 1. The highest BCUT2D eigenvalue weighted by Crippen LogP contribution is 2.31. The number of hydrogen-bond acceptors (Lipinski definition) is 7. The number of hydrogen-bond donors (Lipinski definition) is 1. The van der Waals surface area contributed by atoms with Crippen molar-refractivity contribution < 1.29 is 27.5 Å². The minimum Gasteiger partial charge on any atom is -0.462 e. The summed E-state index contributed by atoms with van der Waals surface area (Å²) in [4.78, 5) is 32.5. The fourth-order valence-corrected chi connectivity index (χ4v) is 5.02. The van der Waals surface area contributed by atoms with Gasteiger partial charge in [-0.1, -0.05) is 31.4 Å². The minimum atomic E-state index is -3.67. The molecule has 0 unspecified atom stereocenters. The van der Waals surface area contributed by atoms with E-state index in [1.54, 1.807) is 39.5 Å². The molecule has 0 bridgehead atoms. The first-order chi connectivity index (χ1) is 20.1. The van der Waals surface area contributed by atoms with E-state index >= 15 is 0 Å². The van der Waals surface area contributed by atoms with Crippen LogP contribution in [0.4, 0.5) is 24.8 Å². The van der Waals surface area contributed by atoms with E-state index < -0.39 is 12.6 Å². The maximum Gasteiger partial charge on any atom is 0.379 e. The number of rotatable bonds is 7. The lowest BCUT2D eigenvalue weighted by molar-refractivity contribution is -0.123. The molecule has 2 N–H and O–H groups in total. The SMILES string of the molecule is CCOC(=O)c1cn(-c2ccc(-c3cc4nccc(N)n4n3)cc2)nc1N(C(=O)C1CCCCC1)C(C)C.FC(F)F. The first-order valence-corrected chi connectivity index (χ1v) is 13.8. The van der Waals surface area contributed by atoms with Crippen LogP contribution in [0.15, 0.2) is 48.8 Å². The summed E-state index contributed by atoms with van der Waals surface area (Å²) in [6.07, 6.45) is 8.26. The Balaban J connectivity index is 0.000000952. The summed E-state index contributed by atoms with van der Waals surface area (Å²) in [5.74, 6) is 0.304. The van der Waals surface area contributed by atoms with Gasteiger partial charge in [0, 0.05) is 36.0 Å². The zero-order chi connectivity index (χ0) is 30.4. The van der Waals surface area contributed by atoms with Gasteiger partial charge in [0.25, 0.3) is 0 Å². The smallest absolute Gasteiger partial charge is 0.379 e. The summed E-state index contributed by atoms with van der Waals surface area (Å²) in [6, 6.07) is 11.0. The van der Waals surface area contributed by atoms with E-state index in [0.29, 0.717) is 17.3 Å². The summed E-state index contributed by atoms with van der Waals surface area (Å²) < 4.78 is 37.6. The van der Waals surface area contributed by atoms with Gasteiger partial charge in [0.05, 0.1) is 18.0 Å².